The van der Waals surface area contributed by atoms with Crippen LogP contribution in [0.2, 0.25) is 0 Å². The van der Waals surface area contributed by atoms with Crippen molar-refractivity contribution in [1.29, 1.82) is 0 Å². The van der Waals surface area contributed by atoms with Crippen LogP contribution in [0.25, 0.3) is 0 Å². The quantitative estimate of drug-likeness (QED) is 0.719. The van der Waals surface area contributed by atoms with Crippen LogP contribution in [0.4, 0.5) is 0 Å². The summed E-state index contributed by atoms with van der Waals surface area (Å²) in [5, 5.41) is 9.10. The number of sulfonamides is 1. The number of hydrogen-bond acceptors (Lipinski definition) is 4. The van der Waals surface area contributed by atoms with Crippen LogP contribution in [0.1, 0.15) is 19.4 Å². The highest BCUT2D eigenvalue weighted by molar-refractivity contribution is 7.89. The lowest BCUT2D eigenvalue weighted by molar-refractivity contribution is -0.139. The number of carbonyl (C=O) groups is 1. The van der Waals surface area contributed by atoms with Gasteiger partial charge in [-0.25, -0.2) is 8.42 Å². The van der Waals surface area contributed by atoms with Crippen molar-refractivity contribution in [2.45, 2.75) is 36.5 Å². The highest BCUT2D eigenvalue weighted by Gasteiger charge is 2.36. The number of benzene rings is 1. The summed E-state index contributed by atoms with van der Waals surface area (Å²) >= 11 is 4.13. The first-order valence-electron chi connectivity index (χ1n) is 5.58. The van der Waals surface area contributed by atoms with E-state index in [1.165, 1.54) is 26.0 Å². The molecule has 0 radical (unpaired) electrons. The monoisotopic (exact) mass is 303 g/mol. The van der Waals surface area contributed by atoms with Crippen LogP contribution in [-0.2, 0) is 14.8 Å². The SMILES string of the molecule is Cc1cccc(S(=O)(=O)NC(C(=O)O)C(C)(C)S)c1. The number of hydrogen-bond donors (Lipinski definition) is 3. The Balaban J connectivity index is 3.12. The molecule has 0 fully saturated rings. The number of carboxylic acids is 1. The van der Waals surface area contributed by atoms with Crippen LogP contribution in [-0.4, -0.2) is 30.3 Å². The predicted octanol–water partition coefficient (Wildman–Crippen LogP) is 1.43. The topological polar surface area (TPSA) is 83.5 Å². The summed E-state index contributed by atoms with van der Waals surface area (Å²) < 4.78 is 25.4. The normalized spacial score (nSPS) is 14.1. The van der Waals surface area contributed by atoms with Gasteiger partial charge in [-0.05, 0) is 38.5 Å². The van der Waals surface area contributed by atoms with E-state index in [9.17, 15) is 13.2 Å². The van der Waals surface area contributed by atoms with Crippen LogP contribution in [0, 0.1) is 6.92 Å². The molecule has 5 nitrogen and oxygen atoms in total. The highest BCUT2D eigenvalue weighted by atomic mass is 32.2. The van der Waals surface area contributed by atoms with E-state index in [1.54, 1.807) is 19.1 Å². The number of aliphatic carboxylic acids is 1. The van der Waals surface area contributed by atoms with Gasteiger partial charge in [-0.3, -0.25) is 4.79 Å². The van der Waals surface area contributed by atoms with Crippen LogP contribution >= 0.6 is 12.6 Å². The Labute approximate surface area is 118 Å². The van der Waals surface area contributed by atoms with E-state index < -0.39 is 26.8 Å². The van der Waals surface area contributed by atoms with Crippen LogP contribution in [0.3, 0.4) is 0 Å². The molecule has 0 aromatic heterocycles. The molecule has 0 heterocycles. The van der Waals surface area contributed by atoms with Crippen molar-refractivity contribution < 1.29 is 18.3 Å². The molecule has 1 atom stereocenters. The van der Waals surface area contributed by atoms with Crippen molar-refractivity contribution in [2.75, 3.05) is 0 Å². The molecular formula is C12H17NO4S2. The second kappa shape index (κ2) is 5.52. The molecule has 0 amide bonds. The zero-order valence-corrected chi connectivity index (χ0v) is 12.6. The molecule has 0 saturated carbocycles. The summed E-state index contributed by atoms with van der Waals surface area (Å²) in [5.41, 5.74) is 0.778. The molecule has 7 heteroatoms. The van der Waals surface area contributed by atoms with Gasteiger partial charge in [0.25, 0.3) is 0 Å². The number of thiol groups is 1. The van der Waals surface area contributed by atoms with Crippen LogP contribution < -0.4 is 4.72 Å². The summed E-state index contributed by atoms with van der Waals surface area (Å²) in [6, 6.07) is 4.94. The van der Waals surface area contributed by atoms with Gasteiger partial charge in [-0.1, -0.05) is 12.1 Å². The lowest BCUT2D eigenvalue weighted by atomic mass is 10.1. The van der Waals surface area contributed by atoms with Crippen molar-refractivity contribution in [1.82, 2.24) is 4.72 Å². The Morgan fingerprint density at radius 3 is 2.42 bits per heavy atom. The third-order valence-electron chi connectivity index (χ3n) is 2.53. The van der Waals surface area contributed by atoms with Crippen molar-refractivity contribution in [3.8, 4) is 0 Å². The lowest BCUT2D eigenvalue weighted by Crippen LogP contribution is -2.51. The fourth-order valence-corrected chi connectivity index (χ4v) is 3.21. The molecule has 0 aliphatic carbocycles. The summed E-state index contributed by atoms with van der Waals surface area (Å²) in [7, 11) is -3.89. The molecule has 0 bridgehead atoms. The van der Waals surface area contributed by atoms with E-state index >= 15 is 0 Å². The van der Waals surface area contributed by atoms with Crippen molar-refractivity contribution in [3.05, 3.63) is 29.8 Å². The number of carboxylic acid groups (broad SMARTS) is 1. The van der Waals surface area contributed by atoms with E-state index in [1.807, 2.05) is 0 Å². The number of aryl methyl sites for hydroxylation is 1. The van der Waals surface area contributed by atoms with E-state index in [0.29, 0.717) is 0 Å². The zero-order chi connectivity index (χ0) is 14.8. The zero-order valence-electron chi connectivity index (χ0n) is 10.9. The number of nitrogens with one attached hydrogen (secondary N) is 1. The molecule has 19 heavy (non-hydrogen) atoms. The third-order valence-corrected chi connectivity index (χ3v) is 4.20. The van der Waals surface area contributed by atoms with Gasteiger partial charge in [0.05, 0.1) is 4.90 Å². The molecule has 1 aromatic carbocycles. The molecule has 0 aliphatic heterocycles. The van der Waals surface area contributed by atoms with Gasteiger partial charge in [0.2, 0.25) is 10.0 Å². The maximum absolute atomic E-state index is 12.1. The largest absolute Gasteiger partial charge is 0.480 e. The fourth-order valence-electron chi connectivity index (χ4n) is 1.50. The van der Waals surface area contributed by atoms with Gasteiger partial charge in [0.1, 0.15) is 6.04 Å². The van der Waals surface area contributed by atoms with E-state index in [0.717, 1.165) is 5.56 Å². The summed E-state index contributed by atoms with van der Waals surface area (Å²) in [4.78, 5) is 11.2. The maximum Gasteiger partial charge on any atom is 0.323 e. The second-order valence-electron chi connectivity index (χ2n) is 4.86. The first kappa shape index (κ1) is 16.0. The Morgan fingerprint density at radius 1 is 1.42 bits per heavy atom. The molecule has 1 unspecified atom stereocenters. The average Bonchev–Trinajstić information content (AvgIpc) is 2.24. The fraction of sp³-hybridized carbons (Fsp3) is 0.417. The van der Waals surface area contributed by atoms with Gasteiger partial charge in [0, 0.05) is 4.75 Å². The Bertz CT molecular complexity index is 576. The highest BCUT2D eigenvalue weighted by Crippen LogP contribution is 2.20. The minimum atomic E-state index is -3.89. The summed E-state index contributed by atoms with van der Waals surface area (Å²) in [6.45, 7) is 4.83. The molecule has 0 saturated heterocycles. The Hall–Kier alpha value is -1.05. The molecule has 0 aliphatic rings. The van der Waals surface area contributed by atoms with Crippen LogP contribution in [0.15, 0.2) is 29.2 Å². The van der Waals surface area contributed by atoms with Gasteiger partial charge in [0.15, 0.2) is 0 Å². The van der Waals surface area contributed by atoms with E-state index in [4.69, 9.17) is 5.11 Å². The smallest absolute Gasteiger partial charge is 0.323 e. The van der Waals surface area contributed by atoms with Gasteiger partial charge >= 0.3 is 5.97 Å². The Morgan fingerprint density at radius 2 is 2.00 bits per heavy atom. The first-order valence-corrected chi connectivity index (χ1v) is 7.51. The third kappa shape index (κ3) is 4.22. The average molecular weight is 303 g/mol. The minimum Gasteiger partial charge on any atom is -0.480 e. The van der Waals surface area contributed by atoms with Gasteiger partial charge in [-0.15, -0.1) is 0 Å². The summed E-state index contributed by atoms with van der Waals surface area (Å²) in [6.07, 6.45) is 0. The standard InChI is InChI=1S/C12H17NO4S2/c1-8-5-4-6-9(7-8)19(16,17)13-10(11(14)15)12(2,3)18/h4-7,10,13,18H,1-3H3,(H,14,15). The molecule has 1 rings (SSSR count). The van der Waals surface area contributed by atoms with Crippen molar-refractivity contribution >= 4 is 28.6 Å². The molecule has 0 spiro atoms. The van der Waals surface area contributed by atoms with E-state index in [2.05, 4.69) is 17.4 Å². The van der Waals surface area contributed by atoms with Crippen molar-refractivity contribution in [3.63, 3.8) is 0 Å². The van der Waals surface area contributed by atoms with E-state index in [-0.39, 0.29) is 4.90 Å². The van der Waals surface area contributed by atoms with Gasteiger partial charge in [-0.2, -0.15) is 17.4 Å². The Kier molecular flexibility index (Phi) is 4.65. The van der Waals surface area contributed by atoms with Gasteiger partial charge < -0.3 is 5.11 Å². The van der Waals surface area contributed by atoms with Crippen LogP contribution in [0.5, 0.6) is 0 Å². The van der Waals surface area contributed by atoms with Crippen molar-refractivity contribution in [2.24, 2.45) is 0 Å². The molecule has 1 aromatic rings. The molecular weight excluding hydrogens is 286 g/mol. The minimum absolute atomic E-state index is 0.0383. The summed E-state index contributed by atoms with van der Waals surface area (Å²) in [5.74, 6) is -1.27. The maximum atomic E-state index is 12.1. The predicted molar refractivity (Wildman–Crippen MR) is 76.0 cm³/mol. The lowest BCUT2D eigenvalue weighted by Gasteiger charge is -2.26. The molecule has 106 valence electrons. The number of rotatable bonds is 5. The molecule has 2 N–H and O–H groups in total. The second-order valence-corrected chi connectivity index (χ2v) is 7.73. The first-order chi connectivity index (χ1) is 8.54.